The van der Waals surface area contributed by atoms with Gasteiger partial charge < -0.3 is 11.1 Å². The number of anilines is 1. The van der Waals surface area contributed by atoms with E-state index in [9.17, 15) is 17.4 Å². The summed E-state index contributed by atoms with van der Waals surface area (Å²) in [5.41, 5.74) is 5.30. The molecule has 0 fully saturated rings. The van der Waals surface area contributed by atoms with Gasteiger partial charge in [-0.2, -0.15) is 13.2 Å². The van der Waals surface area contributed by atoms with Crippen LogP contribution in [0, 0.1) is 0 Å². The average molecular weight is 338 g/mol. The number of hydrogen-bond acceptors (Lipinski definition) is 3. The molecule has 118 valence electrons. The molecule has 0 amide bonds. The summed E-state index contributed by atoms with van der Waals surface area (Å²) in [5, 5.41) is 2.99. The van der Waals surface area contributed by atoms with E-state index in [-0.39, 0.29) is 15.8 Å². The van der Waals surface area contributed by atoms with Crippen molar-refractivity contribution in [2.45, 2.75) is 24.8 Å². The van der Waals surface area contributed by atoms with Crippen LogP contribution in [0.15, 0.2) is 18.2 Å². The van der Waals surface area contributed by atoms with Crippen molar-refractivity contribution in [1.29, 1.82) is 0 Å². The maximum absolute atomic E-state index is 12.7. The number of alkyl halides is 3. The van der Waals surface area contributed by atoms with E-state index in [2.05, 4.69) is 5.32 Å². The van der Waals surface area contributed by atoms with Gasteiger partial charge in [0.1, 0.15) is 4.99 Å². The van der Waals surface area contributed by atoms with Crippen LogP contribution < -0.4 is 11.1 Å². The van der Waals surface area contributed by atoms with Crippen LogP contribution in [-0.4, -0.2) is 27.2 Å². The first-order chi connectivity index (χ1) is 9.62. The molecule has 3 N–H and O–H groups in total. The van der Waals surface area contributed by atoms with Crippen LogP contribution in [-0.2, 0) is 17.0 Å². The predicted octanol–water partition coefficient (Wildman–Crippen LogP) is 2.91. The van der Waals surface area contributed by atoms with Crippen molar-refractivity contribution in [3.63, 3.8) is 0 Å². The largest absolute Gasteiger partial charge is 0.416 e. The molecule has 0 heterocycles. The molecule has 21 heavy (non-hydrogen) atoms. The second-order valence-corrected chi connectivity index (χ2v) is 6.89. The smallest absolute Gasteiger partial charge is 0.389 e. The Labute approximate surface area is 129 Å². The van der Waals surface area contributed by atoms with E-state index in [4.69, 9.17) is 18.0 Å². The van der Waals surface area contributed by atoms with Crippen molar-refractivity contribution in [2.75, 3.05) is 18.1 Å². The summed E-state index contributed by atoms with van der Waals surface area (Å²) in [5.74, 6) is 0. The molecule has 2 atom stereocenters. The first-order valence-electron chi connectivity index (χ1n) is 6.20. The molecule has 0 aromatic heterocycles. The standard InChI is InChI=1S/C13H17F3N2OS2/c1-8(21(2)19)5-6-18-11-4-3-9(13(14,15)16)7-10(11)12(17)20/h3-4,7-8,18H,5-6H2,1-2H3,(H2,17,20). The summed E-state index contributed by atoms with van der Waals surface area (Å²) >= 11 is 4.80. The number of hydrogen-bond donors (Lipinski definition) is 2. The van der Waals surface area contributed by atoms with E-state index in [1.165, 1.54) is 6.07 Å². The Hall–Kier alpha value is -1.15. The third-order valence-corrected chi connectivity index (χ3v) is 4.63. The second-order valence-electron chi connectivity index (χ2n) is 4.65. The molecule has 0 saturated heterocycles. The Balaban J connectivity index is 2.88. The molecule has 0 saturated carbocycles. The summed E-state index contributed by atoms with van der Waals surface area (Å²) in [4.78, 5) is -0.101. The van der Waals surface area contributed by atoms with E-state index >= 15 is 0 Å². The fourth-order valence-corrected chi connectivity index (χ4v) is 2.27. The number of nitrogens with two attached hydrogens (primary N) is 1. The lowest BCUT2D eigenvalue weighted by Crippen LogP contribution is -2.18. The van der Waals surface area contributed by atoms with Gasteiger partial charge >= 0.3 is 6.18 Å². The highest BCUT2D eigenvalue weighted by Crippen LogP contribution is 2.31. The SMILES string of the molecule is CC(CCNc1ccc(C(F)(F)F)cc1C(N)=S)S(C)=O. The molecule has 0 spiro atoms. The third kappa shape index (κ3) is 5.28. The quantitative estimate of drug-likeness (QED) is 0.783. The van der Waals surface area contributed by atoms with E-state index in [1.54, 1.807) is 6.26 Å². The van der Waals surface area contributed by atoms with Crippen molar-refractivity contribution in [3.8, 4) is 0 Å². The Bertz CT molecular complexity index is 547. The molecule has 8 heteroatoms. The Kier molecular flexibility index (Phi) is 6.15. The zero-order valence-electron chi connectivity index (χ0n) is 11.7. The molecule has 0 aliphatic rings. The molecule has 0 bridgehead atoms. The summed E-state index contributed by atoms with van der Waals surface area (Å²) in [6.45, 7) is 2.32. The molecule has 1 rings (SSSR count). The van der Waals surface area contributed by atoms with Gasteiger partial charge in [0.05, 0.1) is 5.56 Å². The predicted molar refractivity (Wildman–Crippen MR) is 84.0 cm³/mol. The van der Waals surface area contributed by atoms with Crippen molar-refractivity contribution < 1.29 is 17.4 Å². The maximum atomic E-state index is 12.7. The zero-order valence-corrected chi connectivity index (χ0v) is 13.3. The topological polar surface area (TPSA) is 55.1 Å². The molecule has 2 unspecified atom stereocenters. The number of thiocarbonyl (C=S) groups is 1. The van der Waals surface area contributed by atoms with Gasteiger partial charge in [0.2, 0.25) is 0 Å². The maximum Gasteiger partial charge on any atom is 0.416 e. The van der Waals surface area contributed by atoms with Crippen LogP contribution in [0.5, 0.6) is 0 Å². The van der Waals surface area contributed by atoms with Crippen molar-refractivity contribution in [2.24, 2.45) is 5.73 Å². The number of nitrogens with one attached hydrogen (secondary N) is 1. The van der Waals surface area contributed by atoms with Gasteiger partial charge in [-0.3, -0.25) is 4.21 Å². The molecule has 0 radical (unpaired) electrons. The summed E-state index contributed by atoms with van der Waals surface area (Å²) in [6, 6.07) is 3.22. The first kappa shape index (κ1) is 17.9. The van der Waals surface area contributed by atoms with Crippen molar-refractivity contribution in [3.05, 3.63) is 29.3 Å². The lowest BCUT2D eigenvalue weighted by Gasteiger charge is -2.15. The van der Waals surface area contributed by atoms with Gasteiger partial charge in [0.25, 0.3) is 0 Å². The highest BCUT2D eigenvalue weighted by Gasteiger charge is 2.31. The third-order valence-electron chi connectivity index (χ3n) is 3.05. The van der Waals surface area contributed by atoms with Gasteiger partial charge in [0.15, 0.2) is 0 Å². The molecular weight excluding hydrogens is 321 g/mol. The van der Waals surface area contributed by atoms with Crippen LogP contribution in [0.4, 0.5) is 18.9 Å². The molecule has 1 aromatic rings. The van der Waals surface area contributed by atoms with Gasteiger partial charge in [-0.1, -0.05) is 19.1 Å². The zero-order chi connectivity index (χ0) is 16.2. The summed E-state index contributed by atoms with van der Waals surface area (Å²) in [7, 11) is -0.937. The summed E-state index contributed by atoms with van der Waals surface area (Å²) in [6.07, 6.45) is -2.20. The van der Waals surface area contributed by atoms with E-state index in [1.807, 2.05) is 6.92 Å². The second kappa shape index (κ2) is 7.22. The van der Waals surface area contributed by atoms with E-state index in [0.717, 1.165) is 12.1 Å². The Morgan fingerprint density at radius 3 is 2.57 bits per heavy atom. The molecule has 0 aliphatic heterocycles. The van der Waals surface area contributed by atoms with Crippen LogP contribution in [0.3, 0.4) is 0 Å². The summed E-state index contributed by atoms with van der Waals surface area (Å²) < 4.78 is 49.2. The Morgan fingerprint density at radius 2 is 2.10 bits per heavy atom. The van der Waals surface area contributed by atoms with Gasteiger partial charge in [0, 0.05) is 40.1 Å². The fourth-order valence-electron chi connectivity index (χ4n) is 1.65. The lowest BCUT2D eigenvalue weighted by molar-refractivity contribution is -0.137. The highest BCUT2D eigenvalue weighted by atomic mass is 32.2. The average Bonchev–Trinajstić information content (AvgIpc) is 2.37. The van der Waals surface area contributed by atoms with E-state index < -0.39 is 22.5 Å². The van der Waals surface area contributed by atoms with E-state index in [0.29, 0.717) is 18.7 Å². The van der Waals surface area contributed by atoms with Crippen molar-refractivity contribution >= 4 is 33.7 Å². The number of rotatable bonds is 6. The van der Waals surface area contributed by atoms with Gasteiger partial charge in [-0.15, -0.1) is 0 Å². The van der Waals surface area contributed by atoms with Crippen LogP contribution in [0.1, 0.15) is 24.5 Å². The normalized spacial score (nSPS) is 14.5. The highest BCUT2D eigenvalue weighted by molar-refractivity contribution is 7.84. The van der Waals surface area contributed by atoms with Crippen LogP contribution in [0.2, 0.25) is 0 Å². The number of halogens is 3. The molecule has 1 aromatic carbocycles. The molecule has 0 aliphatic carbocycles. The van der Waals surface area contributed by atoms with Crippen LogP contribution in [0.25, 0.3) is 0 Å². The number of benzene rings is 1. The lowest BCUT2D eigenvalue weighted by atomic mass is 10.1. The monoisotopic (exact) mass is 338 g/mol. The molecular formula is C13H17F3N2OS2. The minimum absolute atomic E-state index is 0.000210. The van der Waals surface area contributed by atoms with Gasteiger partial charge in [-0.05, 0) is 24.6 Å². The van der Waals surface area contributed by atoms with Gasteiger partial charge in [-0.25, -0.2) is 0 Å². The minimum atomic E-state index is -4.44. The van der Waals surface area contributed by atoms with Crippen molar-refractivity contribution in [1.82, 2.24) is 0 Å². The Morgan fingerprint density at radius 1 is 1.48 bits per heavy atom. The van der Waals surface area contributed by atoms with Crippen LogP contribution >= 0.6 is 12.2 Å². The first-order valence-corrected chi connectivity index (χ1v) is 8.23. The molecule has 3 nitrogen and oxygen atoms in total. The fraction of sp³-hybridized carbons (Fsp3) is 0.462. The minimum Gasteiger partial charge on any atom is -0.389 e.